The maximum atomic E-state index is 13.4. The Kier molecular flexibility index (Phi) is 9.42. The van der Waals surface area contributed by atoms with Gasteiger partial charge in [-0.1, -0.05) is 29.1 Å². The van der Waals surface area contributed by atoms with Gasteiger partial charge < -0.3 is 40.7 Å². The van der Waals surface area contributed by atoms with Gasteiger partial charge in [-0.3, -0.25) is 14.5 Å². The van der Waals surface area contributed by atoms with Crippen LogP contribution >= 0.6 is 34.9 Å². The standard InChI is InChI=1S/C29H23N7O10S3/c30-28-31-16(11-48-28)19(35-45-8-12-2-1-3-14(6-12)26(41)42)22(39)32-20-24(40)36-21(27(43)44)15(9-47-25(20)36)10-49-29-34-33-23(46-29)13-4-5-17(37)18(38)7-13/h1-7,11,20,25,37-38H,8-10H2,(H2,30,31)(H,32,39)(H,41,42)(H,43,44)/t20-,25+/m1/s1. The molecule has 1 saturated heterocycles. The number of carbonyl (C=O) groups is 4. The van der Waals surface area contributed by atoms with Gasteiger partial charge in [-0.15, -0.1) is 33.3 Å². The minimum absolute atomic E-state index is 0.0428. The van der Waals surface area contributed by atoms with Gasteiger partial charge in [-0.2, -0.15) is 0 Å². The summed E-state index contributed by atoms with van der Waals surface area (Å²) in [6.45, 7) is -0.176. The maximum Gasteiger partial charge on any atom is 0.352 e. The van der Waals surface area contributed by atoms with Crippen molar-refractivity contribution in [2.24, 2.45) is 5.16 Å². The lowest BCUT2D eigenvalue weighted by Crippen LogP contribution is -2.71. The van der Waals surface area contributed by atoms with Crippen molar-refractivity contribution < 1.29 is 48.9 Å². The number of amides is 2. The quantitative estimate of drug-likeness (QED) is 0.0402. The molecule has 17 nitrogen and oxygen atoms in total. The number of oxime groups is 1. The predicted octanol–water partition coefficient (Wildman–Crippen LogP) is 2.34. The Morgan fingerprint density at radius 1 is 1.12 bits per heavy atom. The van der Waals surface area contributed by atoms with Gasteiger partial charge in [0.1, 0.15) is 29.4 Å². The minimum atomic E-state index is -1.33. The third-order valence-corrected chi connectivity index (χ3v) is 9.99. The number of thioether (sulfide) groups is 2. The molecule has 1 fully saturated rings. The van der Waals surface area contributed by atoms with E-state index in [9.17, 15) is 39.6 Å². The van der Waals surface area contributed by atoms with Crippen molar-refractivity contribution >= 4 is 69.5 Å². The number of nitrogens with two attached hydrogens (primary N) is 1. The van der Waals surface area contributed by atoms with Crippen molar-refractivity contribution in [2.45, 2.75) is 23.2 Å². The van der Waals surface area contributed by atoms with Crippen molar-refractivity contribution in [1.29, 1.82) is 0 Å². The molecule has 6 rings (SSSR count). The molecule has 4 aromatic rings. The second kappa shape index (κ2) is 13.9. The highest BCUT2D eigenvalue weighted by atomic mass is 32.2. The number of aliphatic carboxylic acids is 1. The number of nitrogens with zero attached hydrogens (tertiary/aromatic N) is 5. The summed E-state index contributed by atoms with van der Waals surface area (Å²) in [5.41, 5.74) is 6.62. The van der Waals surface area contributed by atoms with Crippen LogP contribution in [0, 0.1) is 0 Å². The number of benzene rings is 2. The maximum absolute atomic E-state index is 13.4. The van der Waals surface area contributed by atoms with Gasteiger partial charge >= 0.3 is 11.9 Å². The van der Waals surface area contributed by atoms with E-state index in [1.54, 1.807) is 6.07 Å². The Hall–Kier alpha value is -5.60. The molecule has 2 aliphatic heterocycles. The van der Waals surface area contributed by atoms with Crippen LogP contribution in [-0.4, -0.2) is 92.9 Å². The molecule has 0 aliphatic carbocycles. The number of thiazole rings is 1. The highest BCUT2D eigenvalue weighted by Gasteiger charge is 2.54. The number of fused-ring (bicyclic) bond motifs is 1. The normalized spacial score (nSPS) is 17.3. The van der Waals surface area contributed by atoms with Gasteiger partial charge in [0.25, 0.3) is 17.0 Å². The number of anilines is 1. The molecule has 0 radical (unpaired) electrons. The van der Waals surface area contributed by atoms with Crippen molar-refractivity contribution in [3.63, 3.8) is 0 Å². The van der Waals surface area contributed by atoms with Gasteiger partial charge in [-0.25, -0.2) is 14.6 Å². The molecule has 0 saturated carbocycles. The number of rotatable bonds is 12. The zero-order valence-electron chi connectivity index (χ0n) is 24.7. The van der Waals surface area contributed by atoms with Crippen LogP contribution in [0.3, 0.4) is 0 Å². The van der Waals surface area contributed by atoms with Crippen LogP contribution in [0.2, 0.25) is 0 Å². The summed E-state index contributed by atoms with van der Waals surface area (Å²) >= 11 is 3.35. The van der Waals surface area contributed by atoms with Gasteiger partial charge in [-0.05, 0) is 41.5 Å². The van der Waals surface area contributed by atoms with Crippen molar-refractivity contribution in [2.75, 3.05) is 17.2 Å². The molecule has 20 heteroatoms. The summed E-state index contributed by atoms with van der Waals surface area (Å²) in [6, 6.07) is 8.87. The lowest BCUT2D eigenvalue weighted by Gasteiger charge is -2.49. The number of carboxylic acids is 2. The Morgan fingerprint density at radius 2 is 1.94 bits per heavy atom. The molecule has 2 amide bonds. The SMILES string of the molecule is Nc1nc(C(=NOCc2cccc(C(=O)O)c2)C(=O)N[C@@H]2C(=O)N3C(C(=O)O)=C(CSc4nnc(-c5ccc(O)c(O)c5)o4)CS[C@@H]23)cs1. The molecule has 49 heavy (non-hydrogen) atoms. The lowest BCUT2D eigenvalue weighted by molar-refractivity contribution is -0.150. The molecule has 2 aliphatic rings. The molecule has 0 unspecified atom stereocenters. The molecular formula is C29H23N7O10S3. The topological polar surface area (TPSA) is 264 Å². The van der Waals surface area contributed by atoms with Gasteiger partial charge in [0.15, 0.2) is 22.3 Å². The lowest BCUT2D eigenvalue weighted by atomic mass is 10.0. The molecule has 7 N–H and O–H groups in total. The molecule has 0 bridgehead atoms. The number of aromatic nitrogens is 3. The number of phenols is 2. The summed E-state index contributed by atoms with van der Waals surface area (Å²) in [6.07, 6.45) is 0. The van der Waals surface area contributed by atoms with Gasteiger partial charge in [0, 0.05) is 22.4 Å². The number of aromatic carboxylic acids is 1. The first-order valence-electron chi connectivity index (χ1n) is 13.9. The number of carbonyl (C=O) groups excluding carboxylic acids is 2. The van der Waals surface area contributed by atoms with Gasteiger partial charge in [0.05, 0.1) is 5.56 Å². The van der Waals surface area contributed by atoms with Crippen molar-refractivity contribution in [1.82, 2.24) is 25.4 Å². The average Bonchev–Trinajstić information content (AvgIpc) is 3.74. The van der Waals surface area contributed by atoms with Crippen LogP contribution < -0.4 is 11.1 Å². The van der Waals surface area contributed by atoms with E-state index in [0.29, 0.717) is 16.7 Å². The van der Waals surface area contributed by atoms with E-state index in [1.165, 1.54) is 53.5 Å². The van der Waals surface area contributed by atoms with Crippen LogP contribution in [0.1, 0.15) is 21.6 Å². The highest BCUT2D eigenvalue weighted by Crippen LogP contribution is 2.42. The highest BCUT2D eigenvalue weighted by molar-refractivity contribution is 8.01. The first kappa shape index (κ1) is 33.3. The van der Waals surface area contributed by atoms with E-state index >= 15 is 0 Å². The molecule has 0 spiro atoms. The third kappa shape index (κ3) is 7.00. The number of aromatic hydroxyl groups is 2. The number of nitrogens with one attached hydrogen (secondary N) is 1. The number of carboxylic acid groups (broad SMARTS) is 2. The molecule has 2 atom stereocenters. The summed E-state index contributed by atoms with van der Waals surface area (Å²) < 4.78 is 5.61. The molecule has 2 aromatic heterocycles. The molecular weight excluding hydrogens is 703 g/mol. The van der Waals surface area contributed by atoms with Crippen LogP contribution in [0.15, 0.2) is 73.9 Å². The summed E-state index contributed by atoms with van der Waals surface area (Å²) in [5, 5.41) is 53.9. The van der Waals surface area contributed by atoms with E-state index in [1.807, 2.05) is 0 Å². The first-order chi connectivity index (χ1) is 23.5. The average molecular weight is 726 g/mol. The molecule has 2 aromatic carbocycles. The fourth-order valence-electron chi connectivity index (χ4n) is 4.76. The Labute approximate surface area is 287 Å². The third-order valence-electron chi connectivity index (χ3n) is 7.08. The Morgan fingerprint density at radius 3 is 2.65 bits per heavy atom. The predicted molar refractivity (Wildman–Crippen MR) is 175 cm³/mol. The smallest absolute Gasteiger partial charge is 0.352 e. The zero-order chi connectivity index (χ0) is 34.8. The number of hydrogen-bond acceptors (Lipinski definition) is 16. The Balaban J connectivity index is 1.13. The van der Waals surface area contributed by atoms with Crippen LogP contribution in [0.5, 0.6) is 11.5 Å². The summed E-state index contributed by atoms with van der Waals surface area (Å²) in [5.74, 6) is -4.22. The van der Waals surface area contributed by atoms with E-state index in [-0.39, 0.29) is 68.5 Å². The first-order valence-corrected chi connectivity index (χ1v) is 16.8. The van der Waals surface area contributed by atoms with Gasteiger partial charge in [0.2, 0.25) is 5.89 Å². The second-order valence-electron chi connectivity index (χ2n) is 10.3. The van der Waals surface area contributed by atoms with E-state index in [4.69, 9.17) is 15.0 Å². The van der Waals surface area contributed by atoms with E-state index < -0.39 is 35.2 Å². The van der Waals surface area contributed by atoms with Crippen LogP contribution in [-0.2, 0) is 25.8 Å². The molecule has 252 valence electrons. The monoisotopic (exact) mass is 725 g/mol. The van der Waals surface area contributed by atoms with Crippen molar-refractivity contribution in [3.8, 4) is 23.0 Å². The van der Waals surface area contributed by atoms with Crippen LogP contribution in [0.25, 0.3) is 11.5 Å². The summed E-state index contributed by atoms with van der Waals surface area (Å²) in [4.78, 5) is 60.9. The van der Waals surface area contributed by atoms with Crippen molar-refractivity contribution in [3.05, 3.63) is 75.9 Å². The number of nitrogen functional groups attached to an aromatic ring is 1. The van der Waals surface area contributed by atoms with E-state index in [2.05, 4.69) is 25.7 Å². The number of β-lactam (4-membered cyclic amide) rings is 1. The fourth-order valence-corrected chi connectivity index (χ4v) is 7.56. The number of phenolic OH excluding ortho intramolecular Hbond substituents is 2. The summed E-state index contributed by atoms with van der Waals surface area (Å²) in [7, 11) is 0. The second-order valence-corrected chi connectivity index (χ2v) is 13.2. The minimum Gasteiger partial charge on any atom is -0.504 e. The van der Waals surface area contributed by atoms with Crippen LogP contribution in [0.4, 0.5) is 5.13 Å². The zero-order valence-corrected chi connectivity index (χ0v) is 27.1. The fraction of sp³-hybridized carbons (Fsp3) is 0.172. The Bertz CT molecular complexity index is 2050. The molecule has 4 heterocycles. The largest absolute Gasteiger partial charge is 0.504 e. The van der Waals surface area contributed by atoms with E-state index in [0.717, 1.165) is 28.0 Å². The number of hydrogen-bond donors (Lipinski definition) is 6.